The molecule has 45 heavy (non-hydrogen) atoms. The molecule has 9 heteroatoms. The monoisotopic (exact) mass is 617 g/mol. The van der Waals surface area contributed by atoms with E-state index >= 15 is 8.78 Å². The number of benzene rings is 1. The molecule has 2 aromatic carbocycles. The molecule has 4 fully saturated rings. The van der Waals surface area contributed by atoms with Crippen LogP contribution in [0.4, 0.5) is 14.5 Å². The first-order valence-corrected chi connectivity index (χ1v) is 15.5. The first kappa shape index (κ1) is 30.2. The Hall–Kier alpha value is -3.42. The van der Waals surface area contributed by atoms with Crippen molar-refractivity contribution < 1.29 is 38.1 Å². The number of hydrogen-bond donors (Lipinski definition) is 3. The number of ether oxygens (including phenoxy) is 2. The third-order valence-corrected chi connectivity index (χ3v) is 11.7. The smallest absolute Gasteiger partial charge is 0.193 e. The van der Waals surface area contributed by atoms with Gasteiger partial charge in [0.25, 0.3) is 0 Å². The number of carbonyl (C=O) groups is 2. The standard InChI is InChI=1S/C36H37F2NO6/c1-33-13-12-24(41)15-27(33)28(37)16-26-25-17-31-36(30(43)19-40,34(25,2)18-29(42)35(26,33)38)45-32(44-31)22-8-4-20(5-9-22)14-21-6-10-23(39-3)11-7-21/h4-6,8-10,12-13,15,25-26,28-29,31-32,39-40,42H,14,16-19H2,1-3H3/t25-,26-,28-,29-,31+,32-,33-,34-,35-,36+/m0/s1. The van der Waals surface area contributed by atoms with Crippen LogP contribution in [0.25, 0.3) is 0 Å². The van der Waals surface area contributed by atoms with Gasteiger partial charge >= 0.3 is 0 Å². The third kappa shape index (κ3) is 4.02. The average molecular weight is 618 g/mol. The van der Waals surface area contributed by atoms with Crippen LogP contribution >= 0.6 is 0 Å². The maximum Gasteiger partial charge on any atom is 0.193 e. The van der Waals surface area contributed by atoms with Gasteiger partial charge in [0.15, 0.2) is 29.1 Å². The fraction of sp³-hybridized carbons (Fsp3) is 0.500. The van der Waals surface area contributed by atoms with E-state index in [0.717, 1.165) is 22.9 Å². The van der Waals surface area contributed by atoms with Gasteiger partial charge in [-0.15, -0.1) is 0 Å². The van der Waals surface area contributed by atoms with E-state index in [1.807, 2.05) is 43.4 Å². The van der Waals surface area contributed by atoms with E-state index in [4.69, 9.17) is 9.47 Å². The molecule has 1 aliphatic heterocycles. The summed E-state index contributed by atoms with van der Waals surface area (Å²) in [5.41, 5.74) is -3.08. The Bertz CT molecular complexity index is 1590. The normalized spacial score (nSPS) is 41.3. The number of allylic oxidation sites excluding steroid dienone is 4. The second-order valence-corrected chi connectivity index (χ2v) is 13.7. The largest absolute Gasteiger partial charge is 0.390 e. The van der Waals surface area contributed by atoms with Crippen molar-refractivity contribution in [3.8, 4) is 0 Å². The van der Waals surface area contributed by atoms with Crippen LogP contribution in [0.1, 0.15) is 56.1 Å². The van der Waals surface area contributed by atoms with Gasteiger partial charge in [-0.1, -0.05) is 43.3 Å². The lowest BCUT2D eigenvalue weighted by molar-refractivity contribution is -0.235. The Morgan fingerprint density at radius 1 is 1.11 bits per heavy atom. The Labute approximate surface area is 261 Å². The Kier molecular flexibility index (Phi) is 6.92. The van der Waals surface area contributed by atoms with Crippen LogP contribution in [0.2, 0.25) is 0 Å². The molecular weight excluding hydrogens is 580 g/mol. The molecule has 5 aliphatic rings. The predicted molar refractivity (Wildman–Crippen MR) is 160 cm³/mol. The summed E-state index contributed by atoms with van der Waals surface area (Å²) < 4.78 is 46.3. The van der Waals surface area contributed by atoms with Crippen molar-refractivity contribution in [1.82, 2.24) is 0 Å². The van der Waals surface area contributed by atoms with E-state index in [1.54, 1.807) is 6.92 Å². The molecule has 7 nitrogen and oxygen atoms in total. The summed E-state index contributed by atoms with van der Waals surface area (Å²) in [6.45, 7) is 2.49. The van der Waals surface area contributed by atoms with Gasteiger partial charge in [0.1, 0.15) is 12.8 Å². The zero-order valence-corrected chi connectivity index (χ0v) is 25.5. The number of fused-ring (bicyclic) bond motifs is 7. The van der Waals surface area contributed by atoms with Crippen molar-refractivity contribution in [1.29, 1.82) is 0 Å². The molecule has 10 atom stereocenters. The van der Waals surface area contributed by atoms with Crippen LogP contribution < -0.4 is 5.32 Å². The zero-order valence-electron chi connectivity index (χ0n) is 25.5. The summed E-state index contributed by atoms with van der Waals surface area (Å²) in [6.07, 6.45) is -0.756. The summed E-state index contributed by atoms with van der Waals surface area (Å²) in [4.78, 5) is 25.8. The number of carbonyl (C=O) groups excluding carboxylic acids is 2. The lowest BCUT2D eigenvalue weighted by Crippen LogP contribution is -2.70. The second-order valence-electron chi connectivity index (χ2n) is 13.7. The average Bonchev–Trinajstić information content (AvgIpc) is 3.53. The third-order valence-electron chi connectivity index (χ3n) is 11.7. The molecule has 7 rings (SSSR count). The predicted octanol–water partition coefficient (Wildman–Crippen LogP) is 4.56. The number of nitrogens with one attached hydrogen (secondary N) is 1. The number of rotatable bonds is 6. The first-order chi connectivity index (χ1) is 21.4. The molecule has 4 aliphatic carbocycles. The topological polar surface area (TPSA) is 105 Å². The second kappa shape index (κ2) is 10.3. The van der Waals surface area contributed by atoms with E-state index in [-0.39, 0.29) is 24.8 Å². The number of aliphatic hydroxyl groups excluding tert-OH is 2. The van der Waals surface area contributed by atoms with Crippen molar-refractivity contribution in [2.75, 3.05) is 19.0 Å². The van der Waals surface area contributed by atoms with Crippen molar-refractivity contribution in [2.45, 2.75) is 75.5 Å². The van der Waals surface area contributed by atoms with Gasteiger partial charge in [-0.05, 0) is 73.6 Å². The Morgan fingerprint density at radius 2 is 1.87 bits per heavy atom. The molecule has 1 saturated heterocycles. The van der Waals surface area contributed by atoms with Crippen molar-refractivity contribution in [2.24, 2.45) is 22.7 Å². The minimum atomic E-state index is -2.29. The minimum Gasteiger partial charge on any atom is -0.390 e. The van der Waals surface area contributed by atoms with Crippen molar-refractivity contribution >= 4 is 17.3 Å². The fourth-order valence-electron chi connectivity index (χ4n) is 9.39. The molecule has 1 heterocycles. The highest BCUT2D eigenvalue weighted by Crippen LogP contribution is 2.72. The maximum atomic E-state index is 17.6. The number of hydrogen-bond acceptors (Lipinski definition) is 7. The number of anilines is 1. The van der Waals surface area contributed by atoms with Crippen LogP contribution in [0.5, 0.6) is 0 Å². The van der Waals surface area contributed by atoms with E-state index in [1.165, 1.54) is 19.1 Å². The summed E-state index contributed by atoms with van der Waals surface area (Å²) in [6, 6.07) is 17.7. The van der Waals surface area contributed by atoms with Crippen LogP contribution in [0, 0.1) is 34.8 Å². The zero-order chi connectivity index (χ0) is 31.9. The molecule has 0 spiro atoms. The molecule has 0 amide bonds. The lowest BCUT2D eigenvalue weighted by atomic mass is 9.44. The Balaban J connectivity index is 1.19. The van der Waals surface area contributed by atoms with Crippen molar-refractivity contribution in [3.05, 3.63) is 89.0 Å². The number of halogens is 2. The van der Waals surface area contributed by atoms with E-state index < -0.39 is 76.8 Å². The lowest BCUT2D eigenvalue weighted by Gasteiger charge is -2.63. The quantitative estimate of drug-likeness (QED) is 0.437. The van der Waals surface area contributed by atoms with E-state index in [0.29, 0.717) is 12.0 Å². The van der Waals surface area contributed by atoms with Crippen LogP contribution in [-0.2, 0) is 25.5 Å². The highest BCUT2D eigenvalue weighted by Gasteiger charge is 2.80. The molecule has 0 unspecified atom stereocenters. The molecule has 0 aromatic heterocycles. The highest BCUT2D eigenvalue weighted by atomic mass is 19.1. The summed E-state index contributed by atoms with van der Waals surface area (Å²) in [7, 11) is 1.82. The van der Waals surface area contributed by atoms with Gasteiger partial charge in [-0.2, -0.15) is 0 Å². The van der Waals surface area contributed by atoms with Crippen LogP contribution in [-0.4, -0.2) is 65.1 Å². The molecule has 3 saturated carbocycles. The van der Waals surface area contributed by atoms with Gasteiger partial charge in [0.2, 0.25) is 0 Å². The summed E-state index contributed by atoms with van der Waals surface area (Å²) in [5, 5.41) is 24.9. The van der Waals surface area contributed by atoms with E-state index in [9.17, 15) is 19.8 Å². The van der Waals surface area contributed by atoms with Gasteiger partial charge in [-0.3, -0.25) is 9.59 Å². The van der Waals surface area contributed by atoms with Crippen LogP contribution in [0.15, 0.2) is 60.2 Å². The molecule has 3 N–H and O–H groups in total. The van der Waals surface area contributed by atoms with Crippen molar-refractivity contribution in [3.63, 3.8) is 0 Å². The molecule has 0 radical (unpaired) electrons. The van der Waals surface area contributed by atoms with E-state index in [2.05, 4.69) is 17.4 Å². The van der Waals surface area contributed by atoms with Crippen LogP contribution in [0.3, 0.4) is 0 Å². The number of aliphatic hydroxyl groups is 2. The molecule has 2 aromatic rings. The van der Waals surface area contributed by atoms with Gasteiger partial charge in [0.05, 0.1) is 17.9 Å². The molecule has 0 bridgehead atoms. The number of Topliss-reactive ketones (excluding diaryl/α,β-unsaturated/α-hetero) is 1. The SMILES string of the molecule is CNc1c#cc(Cc2ccc([C@H]3O[C@@H]4C[C@H]5[C@@H]6C[C@H](F)C7=CC(=O)C=C[C@]7(C)[C@@]6(F)[C@@H](O)C[C@]5(C)[C@]4(C(=O)CO)O3)cc2)cc1. The first-order valence-electron chi connectivity index (χ1n) is 15.5. The minimum absolute atomic E-state index is 0.0396. The number of alkyl halides is 2. The highest BCUT2D eigenvalue weighted by molar-refractivity contribution is 6.01. The van der Waals surface area contributed by atoms with Gasteiger partial charge < -0.3 is 25.0 Å². The maximum absolute atomic E-state index is 17.6. The number of ketones is 2. The van der Waals surface area contributed by atoms with Gasteiger partial charge in [0, 0.05) is 41.3 Å². The molecule has 236 valence electrons. The fourth-order valence-corrected chi connectivity index (χ4v) is 9.39. The Morgan fingerprint density at radius 3 is 2.53 bits per heavy atom. The summed E-state index contributed by atoms with van der Waals surface area (Å²) >= 11 is 0. The molecular formula is C36H37F2NO6. The summed E-state index contributed by atoms with van der Waals surface area (Å²) in [5.74, 6) is -2.60. The van der Waals surface area contributed by atoms with Gasteiger partial charge in [-0.25, -0.2) is 8.78 Å².